The monoisotopic (exact) mass is 311 g/mol. The molecule has 0 saturated carbocycles. The number of aromatic nitrogens is 2. The van der Waals surface area contributed by atoms with Gasteiger partial charge in [0, 0.05) is 18.6 Å². The van der Waals surface area contributed by atoms with Gasteiger partial charge in [0.05, 0.1) is 16.4 Å². The lowest BCUT2D eigenvalue weighted by atomic mass is 10.1. The summed E-state index contributed by atoms with van der Waals surface area (Å²) in [5, 5.41) is 9.37. The summed E-state index contributed by atoms with van der Waals surface area (Å²) in [6.45, 7) is 3.69. The van der Waals surface area contributed by atoms with Gasteiger partial charge < -0.3 is 5.32 Å². The Balaban J connectivity index is 1.84. The Morgan fingerprint density at radius 2 is 1.90 bits per heavy atom. The molecular formula is C15H19Cl2N3. The fourth-order valence-electron chi connectivity index (χ4n) is 2.10. The van der Waals surface area contributed by atoms with Crippen LogP contribution in [0.1, 0.15) is 23.9 Å². The van der Waals surface area contributed by atoms with Crippen molar-refractivity contribution in [3.8, 4) is 0 Å². The molecule has 2 aromatic rings. The van der Waals surface area contributed by atoms with E-state index in [9.17, 15) is 0 Å². The van der Waals surface area contributed by atoms with E-state index in [0.29, 0.717) is 0 Å². The Labute approximate surface area is 129 Å². The molecule has 0 amide bonds. The van der Waals surface area contributed by atoms with Gasteiger partial charge in [0.25, 0.3) is 0 Å². The first kappa shape index (κ1) is 15.4. The summed E-state index contributed by atoms with van der Waals surface area (Å²) in [4.78, 5) is 0. The summed E-state index contributed by atoms with van der Waals surface area (Å²) >= 11 is 12.2. The summed E-state index contributed by atoms with van der Waals surface area (Å²) in [6.07, 6.45) is 1.82. The van der Waals surface area contributed by atoms with Gasteiger partial charge in [-0.25, -0.2) is 0 Å². The Morgan fingerprint density at radius 1 is 1.20 bits per heavy atom. The molecule has 1 aromatic heterocycles. The van der Waals surface area contributed by atoms with Crippen LogP contribution in [0, 0.1) is 0 Å². The number of nitrogens with one attached hydrogen (secondary N) is 1. The van der Waals surface area contributed by atoms with Crippen molar-refractivity contribution in [3.05, 3.63) is 51.3 Å². The Kier molecular flexibility index (Phi) is 5.46. The summed E-state index contributed by atoms with van der Waals surface area (Å²) in [7, 11) is 1.93. The molecule has 0 saturated heterocycles. The normalized spacial score (nSPS) is 11.0. The fraction of sp³-hybridized carbons (Fsp3) is 0.400. The van der Waals surface area contributed by atoms with Crippen LogP contribution in [0.2, 0.25) is 10.0 Å². The summed E-state index contributed by atoms with van der Waals surface area (Å²) in [5.41, 5.74) is 3.27. The van der Waals surface area contributed by atoms with E-state index in [0.717, 1.165) is 47.4 Å². The molecule has 5 heteroatoms. The maximum atomic E-state index is 6.31. The fourth-order valence-corrected chi connectivity index (χ4v) is 2.59. The van der Waals surface area contributed by atoms with Crippen molar-refractivity contribution in [2.75, 3.05) is 6.54 Å². The van der Waals surface area contributed by atoms with Crippen molar-refractivity contribution in [2.45, 2.75) is 26.3 Å². The topological polar surface area (TPSA) is 29.9 Å². The first-order valence-corrected chi connectivity index (χ1v) is 7.52. The molecule has 0 aliphatic carbocycles. The third kappa shape index (κ3) is 3.75. The zero-order valence-corrected chi connectivity index (χ0v) is 13.3. The second-order valence-electron chi connectivity index (χ2n) is 4.74. The van der Waals surface area contributed by atoms with Gasteiger partial charge in [-0.15, -0.1) is 0 Å². The van der Waals surface area contributed by atoms with Gasteiger partial charge in [0.2, 0.25) is 0 Å². The Hall–Kier alpha value is -1.03. The number of nitrogens with zero attached hydrogens (tertiary/aromatic N) is 2. The smallest absolute Gasteiger partial charge is 0.0863 e. The maximum absolute atomic E-state index is 6.31. The Morgan fingerprint density at radius 3 is 2.50 bits per heavy atom. The molecule has 20 heavy (non-hydrogen) atoms. The van der Waals surface area contributed by atoms with E-state index >= 15 is 0 Å². The molecular weight excluding hydrogens is 293 g/mol. The van der Waals surface area contributed by atoms with Crippen molar-refractivity contribution >= 4 is 23.2 Å². The third-order valence-corrected chi connectivity index (χ3v) is 3.99. The van der Waals surface area contributed by atoms with Crippen LogP contribution in [-0.2, 0) is 26.4 Å². The van der Waals surface area contributed by atoms with Crippen molar-refractivity contribution in [1.82, 2.24) is 15.1 Å². The molecule has 1 N–H and O–H groups in total. The molecule has 3 nitrogen and oxygen atoms in total. The van der Waals surface area contributed by atoms with E-state index in [4.69, 9.17) is 23.2 Å². The number of benzene rings is 1. The highest BCUT2D eigenvalue weighted by Crippen LogP contribution is 2.20. The Bertz CT molecular complexity index is 561. The van der Waals surface area contributed by atoms with Gasteiger partial charge in [-0.3, -0.25) is 4.68 Å². The molecule has 0 radical (unpaired) electrons. The second-order valence-corrected chi connectivity index (χ2v) is 5.55. The van der Waals surface area contributed by atoms with Crippen molar-refractivity contribution < 1.29 is 0 Å². The van der Waals surface area contributed by atoms with Crippen LogP contribution in [0.25, 0.3) is 0 Å². The first-order valence-electron chi connectivity index (χ1n) is 6.77. The average molecular weight is 312 g/mol. The lowest BCUT2D eigenvalue weighted by Gasteiger charge is -2.06. The number of aryl methyl sites for hydroxylation is 2. The van der Waals surface area contributed by atoms with Gasteiger partial charge >= 0.3 is 0 Å². The van der Waals surface area contributed by atoms with Crippen molar-refractivity contribution in [3.63, 3.8) is 0 Å². The van der Waals surface area contributed by atoms with E-state index in [1.807, 2.05) is 23.9 Å². The molecule has 0 fully saturated rings. The van der Waals surface area contributed by atoms with Crippen molar-refractivity contribution in [2.24, 2.45) is 7.05 Å². The standard InChI is InChI=1S/C15H19Cl2N3/c1-3-13-15(17)14(20(2)19-13)10-18-9-8-11-4-6-12(16)7-5-11/h4-7,18H,3,8-10H2,1-2H3. The molecule has 0 aliphatic heterocycles. The molecule has 1 aromatic carbocycles. The van der Waals surface area contributed by atoms with E-state index in [2.05, 4.69) is 29.5 Å². The van der Waals surface area contributed by atoms with Crippen LogP contribution in [0.3, 0.4) is 0 Å². The summed E-state index contributed by atoms with van der Waals surface area (Å²) in [5.74, 6) is 0. The minimum absolute atomic E-state index is 0.732. The summed E-state index contributed by atoms with van der Waals surface area (Å²) in [6, 6.07) is 7.94. The lowest BCUT2D eigenvalue weighted by Crippen LogP contribution is -2.18. The van der Waals surface area contributed by atoms with Crippen molar-refractivity contribution in [1.29, 1.82) is 0 Å². The van der Waals surface area contributed by atoms with Gasteiger partial charge in [0.1, 0.15) is 0 Å². The van der Waals surface area contributed by atoms with E-state index < -0.39 is 0 Å². The number of rotatable bonds is 6. The molecule has 0 spiro atoms. The van der Waals surface area contributed by atoms with Crippen LogP contribution in [0.5, 0.6) is 0 Å². The van der Waals surface area contributed by atoms with Gasteiger partial charge in [-0.2, -0.15) is 5.10 Å². The molecule has 0 aliphatic rings. The van der Waals surface area contributed by atoms with E-state index in [1.165, 1.54) is 5.56 Å². The predicted octanol–water partition coefficient (Wildman–Crippen LogP) is 3.62. The number of hydrogen-bond acceptors (Lipinski definition) is 2. The summed E-state index contributed by atoms with van der Waals surface area (Å²) < 4.78 is 1.86. The maximum Gasteiger partial charge on any atom is 0.0863 e. The van der Waals surface area contributed by atoms with Gasteiger partial charge in [0.15, 0.2) is 0 Å². The lowest BCUT2D eigenvalue weighted by molar-refractivity contribution is 0.623. The number of hydrogen-bond donors (Lipinski definition) is 1. The number of halogens is 2. The van der Waals surface area contributed by atoms with Crippen LogP contribution in [0.15, 0.2) is 24.3 Å². The highest BCUT2D eigenvalue weighted by molar-refractivity contribution is 6.32. The molecule has 2 rings (SSSR count). The molecule has 0 unspecified atom stereocenters. The van der Waals surface area contributed by atoms with Crippen LogP contribution >= 0.6 is 23.2 Å². The first-order chi connectivity index (χ1) is 9.61. The highest BCUT2D eigenvalue weighted by Gasteiger charge is 2.11. The largest absolute Gasteiger partial charge is 0.311 e. The van der Waals surface area contributed by atoms with Crippen LogP contribution in [-0.4, -0.2) is 16.3 Å². The van der Waals surface area contributed by atoms with E-state index in [1.54, 1.807) is 0 Å². The third-order valence-electron chi connectivity index (χ3n) is 3.30. The minimum atomic E-state index is 0.732. The van der Waals surface area contributed by atoms with Crippen LogP contribution < -0.4 is 5.32 Å². The average Bonchev–Trinajstić information content (AvgIpc) is 2.72. The van der Waals surface area contributed by atoms with Gasteiger partial charge in [-0.05, 0) is 37.1 Å². The molecule has 0 bridgehead atoms. The molecule has 1 heterocycles. The second kappa shape index (κ2) is 7.11. The SMILES string of the molecule is CCc1nn(C)c(CNCCc2ccc(Cl)cc2)c1Cl. The highest BCUT2D eigenvalue weighted by atomic mass is 35.5. The van der Waals surface area contributed by atoms with Gasteiger partial charge in [-0.1, -0.05) is 42.3 Å². The van der Waals surface area contributed by atoms with E-state index in [-0.39, 0.29) is 0 Å². The predicted molar refractivity (Wildman–Crippen MR) is 84.5 cm³/mol. The zero-order chi connectivity index (χ0) is 14.5. The minimum Gasteiger partial charge on any atom is -0.311 e. The molecule has 0 atom stereocenters. The molecule has 108 valence electrons. The van der Waals surface area contributed by atoms with Crippen LogP contribution in [0.4, 0.5) is 0 Å². The quantitative estimate of drug-likeness (QED) is 0.826. The zero-order valence-electron chi connectivity index (χ0n) is 11.8.